The number of rotatable bonds is 8. The minimum Gasteiger partial charge on any atom is -0.317 e. The zero-order chi connectivity index (χ0) is 14.5. The van der Waals surface area contributed by atoms with Crippen LogP contribution < -0.4 is 5.32 Å². The third kappa shape index (κ3) is 5.02. The van der Waals surface area contributed by atoms with Gasteiger partial charge in [-0.05, 0) is 45.9 Å². The van der Waals surface area contributed by atoms with E-state index in [1.807, 2.05) is 14.1 Å². The van der Waals surface area contributed by atoms with E-state index < -0.39 is 10.0 Å². The Morgan fingerprint density at radius 2 is 1.95 bits per heavy atom. The van der Waals surface area contributed by atoms with E-state index in [0.29, 0.717) is 31.5 Å². The summed E-state index contributed by atoms with van der Waals surface area (Å²) in [4.78, 5) is 2.13. The molecule has 114 valence electrons. The third-order valence-corrected chi connectivity index (χ3v) is 5.67. The van der Waals surface area contributed by atoms with Crippen molar-refractivity contribution in [2.75, 3.05) is 46.0 Å². The smallest absolute Gasteiger partial charge is 0.214 e. The molecule has 0 amide bonds. The van der Waals surface area contributed by atoms with Gasteiger partial charge in [-0.3, -0.25) is 0 Å². The van der Waals surface area contributed by atoms with Gasteiger partial charge in [0.05, 0.1) is 5.75 Å². The van der Waals surface area contributed by atoms with Gasteiger partial charge in [-0.2, -0.15) is 0 Å². The van der Waals surface area contributed by atoms with E-state index in [0.717, 1.165) is 19.5 Å². The van der Waals surface area contributed by atoms with Gasteiger partial charge in [-0.1, -0.05) is 13.8 Å². The molecular formula is C13H29N3O2S. The van der Waals surface area contributed by atoms with Crippen molar-refractivity contribution in [1.82, 2.24) is 14.5 Å². The first kappa shape index (κ1) is 16.9. The van der Waals surface area contributed by atoms with Gasteiger partial charge in [0.15, 0.2) is 0 Å². The summed E-state index contributed by atoms with van der Waals surface area (Å²) in [7, 11) is 0.960. The molecule has 0 aromatic heterocycles. The van der Waals surface area contributed by atoms with Crippen molar-refractivity contribution in [2.24, 2.45) is 5.92 Å². The summed E-state index contributed by atoms with van der Waals surface area (Å²) in [6.45, 7) is 7.28. The topological polar surface area (TPSA) is 52.7 Å². The van der Waals surface area contributed by atoms with Crippen molar-refractivity contribution in [3.63, 3.8) is 0 Å². The highest BCUT2D eigenvalue weighted by atomic mass is 32.2. The predicted molar refractivity (Wildman–Crippen MR) is 79.8 cm³/mol. The van der Waals surface area contributed by atoms with Crippen LogP contribution in [0.3, 0.4) is 0 Å². The Labute approximate surface area is 118 Å². The minimum absolute atomic E-state index is 0.260. The van der Waals surface area contributed by atoms with Crippen molar-refractivity contribution in [3.05, 3.63) is 0 Å². The molecule has 1 aliphatic heterocycles. The maximum Gasteiger partial charge on any atom is 0.214 e. The molecule has 1 rings (SSSR count). The van der Waals surface area contributed by atoms with E-state index in [1.165, 1.54) is 0 Å². The summed E-state index contributed by atoms with van der Waals surface area (Å²) >= 11 is 0. The number of likely N-dealkylation sites (N-methyl/N-ethyl adjacent to an activating group) is 1. The Kier molecular flexibility index (Phi) is 6.73. The van der Waals surface area contributed by atoms with Crippen LogP contribution in [-0.4, -0.2) is 69.7 Å². The van der Waals surface area contributed by atoms with Gasteiger partial charge in [0.1, 0.15) is 0 Å². The molecule has 0 saturated carbocycles. The van der Waals surface area contributed by atoms with Gasteiger partial charge in [0.25, 0.3) is 0 Å². The number of hydrogen-bond acceptors (Lipinski definition) is 4. The molecule has 0 aliphatic carbocycles. The van der Waals surface area contributed by atoms with E-state index in [1.54, 1.807) is 4.31 Å². The zero-order valence-electron chi connectivity index (χ0n) is 12.7. The average Bonchev–Trinajstić information content (AvgIpc) is 2.72. The fraction of sp³-hybridized carbons (Fsp3) is 1.00. The zero-order valence-corrected chi connectivity index (χ0v) is 13.5. The molecule has 1 heterocycles. The standard InChI is InChI=1S/C13H29N3O2S/c1-5-7-14-8-6-9-19(17,18)16-10-12(2)13(11-16)15(3)4/h12-14H,5-11H2,1-4H3. The molecule has 6 heteroatoms. The van der Waals surface area contributed by atoms with Crippen LogP contribution in [0.5, 0.6) is 0 Å². The quantitative estimate of drug-likeness (QED) is 0.665. The van der Waals surface area contributed by atoms with Crippen LogP contribution in [-0.2, 0) is 10.0 Å². The van der Waals surface area contributed by atoms with Gasteiger partial charge in [0, 0.05) is 19.1 Å². The molecule has 0 spiro atoms. The van der Waals surface area contributed by atoms with Crippen molar-refractivity contribution in [3.8, 4) is 0 Å². The fourth-order valence-electron chi connectivity index (χ4n) is 2.62. The number of sulfonamides is 1. The van der Waals surface area contributed by atoms with E-state index >= 15 is 0 Å². The molecular weight excluding hydrogens is 262 g/mol. The molecule has 0 aromatic rings. The largest absolute Gasteiger partial charge is 0.317 e. The molecule has 1 N–H and O–H groups in total. The van der Waals surface area contributed by atoms with Crippen molar-refractivity contribution in [1.29, 1.82) is 0 Å². The summed E-state index contributed by atoms with van der Waals surface area (Å²) in [6.07, 6.45) is 1.78. The fourth-order valence-corrected chi connectivity index (χ4v) is 4.23. The second-order valence-electron chi connectivity index (χ2n) is 5.74. The van der Waals surface area contributed by atoms with Crippen LogP contribution in [0.4, 0.5) is 0 Å². The summed E-state index contributed by atoms with van der Waals surface area (Å²) < 4.78 is 26.2. The lowest BCUT2D eigenvalue weighted by Crippen LogP contribution is -2.36. The Balaban J connectivity index is 2.41. The molecule has 2 unspecified atom stereocenters. The molecule has 0 radical (unpaired) electrons. The Morgan fingerprint density at radius 1 is 1.26 bits per heavy atom. The highest BCUT2D eigenvalue weighted by Gasteiger charge is 2.36. The summed E-state index contributed by atoms with van der Waals surface area (Å²) in [5, 5.41) is 3.24. The normalized spacial score (nSPS) is 25.3. The lowest BCUT2D eigenvalue weighted by Gasteiger charge is -2.22. The van der Waals surface area contributed by atoms with Crippen LogP contribution in [0, 0.1) is 5.92 Å². The van der Waals surface area contributed by atoms with Crippen LogP contribution in [0.15, 0.2) is 0 Å². The first-order valence-electron chi connectivity index (χ1n) is 7.23. The van der Waals surface area contributed by atoms with Gasteiger partial charge in [0.2, 0.25) is 10.0 Å². The average molecular weight is 291 g/mol. The lowest BCUT2D eigenvalue weighted by atomic mass is 10.1. The monoisotopic (exact) mass is 291 g/mol. The molecule has 0 bridgehead atoms. The molecule has 1 aliphatic rings. The molecule has 1 fully saturated rings. The van der Waals surface area contributed by atoms with Crippen molar-refractivity contribution < 1.29 is 8.42 Å². The van der Waals surface area contributed by atoms with Gasteiger partial charge < -0.3 is 10.2 Å². The Morgan fingerprint density at radius 3 is 2.47 bits per heavy atom. The second kappa shape index (κ2) is 7.57. The summed E-state index contributed by atoms with van der Waals surface area (Å²) in [5.41, 5.74) is 0. The Bertz CT molecular complexity index is 357. The second-order valence-corrected chi connectivity index (χ2v) is 7.83. The number of nitrogens with zero attached hydrogens (tertiary/aromatic N) is 2. The van der Waals surface area contributed by atoms with Gasteiger partial charge >= 0.3 is 0 Å². The van der Waals surface area contributed by atoms with Gasteiger partial charge in [-0.15, -0.1) is 0 Å². The number of nitrogens with one attached hydrogen (secondary N) is 1. The lowest BCUT2D eigenvalue weighted by molar-refractivity contribution is 0.263. The number of hydrogen-bond donors (Lipinski definition) is 1. The van der Waals surface area contributed by atoms with E-state index in [9.17, 15) is 8.42 Å². The molecule has 5 nitrogen and oxygen atoms in total. The predicted octanol–water partition coefficient (Wildman–Crippen LogP) is 0.588. The van der Waals surface area contributed by atoms with Crippen LogP contribution >= 0.6 is 0 Å². The third-order valence-electron chi connectivity index (χ3n) is 3.78. The maximum atomic E-state index is 12.3. The molecule has 0 aromatic carbocycles. The summed E-state index contributed by atoms with van der Waals surface area (Å²) in [5.74, 6) is 0.666. The Hall–Kier alpha value is -0.170. The first-order valence-corrected chi connectivity index (χ1v) is 8.84. The highest BCUT2D eigenvalue weighted by molar-refractivity contribution is 7.89. The van der Waals surface area contributed by atoms with E-state index in [2.05, 4.69) is 24.1 Å². The summed E-state index contributed by atoms with van der Waals surface area (Å²) in [6, 6.07) is 0.341. The van der Waals surface area contributed by atoms with E-state index in [4.69, 9.17) is 0 Å². The highest BCUT2D eigenvalue weighted by Crippen LogP contribution is 2.23. The van der Waals surface area contributed by atoms with Crippen LogP contribution in [0.2, 0.25) is 0 Å². The molecule has 1 saturated heterocycles. The van der Waals surface area contributed by atoms with Crippen molar-refractivity contribution >= 4 is 10.0 Å². The van der Waals surface area contributed by atoms with Crippen LogP contribution in [0.1, 0.15) is 26.7 Å². The molecule has 19 heavy (non-hydrogen) atoms. The first-order chi connectivity index (χ1) is 8.88. The maximum absolute atomic E-state index is 12.3. The SMILES string of the molecule is CCCNCCCS(=O)(=O)N1CC(C)C(N(C)C)C1. The van der Waals surface area contributed by atoms with Crippen LogP contribution in [0.25, 0.3) is 0 Å². The van der Waals surface area contributed by atoms with Crippen molar-refractivity contribution in [2.45, 2.75) is 32.7 Å². The minimum atomic E-state index is -3.08. The van der Waals surface area contributed by atoms with Gasteiger partial charge in [-0.25, -0.2) is 12.7 Å². The van der Waals surface area contributed by atoms with E-state index in [-0.39, 0.29) is 5.75 Å². The molecule has 2 atom stereocenters.